The van der Waals surface area contributed by atoms with E-state index in [4.69, 9.17) is 39.9 Å². The van der Waals surface area contributed by atoms with Gasteiger partial charge in [-0.05, 0) is 18.2 Å². The van der Waals surface area contributed by atoms with Gasteiger partial charge in [0, 0.05) is 17.3 Å². The van der Waals surface area contributed by atoms with Gasteiger partial charge in [-0.1, -0.05) is 34.8 Å². The number of rotatable bonds is 2. The molecule has 2 aromatic rings. The van der Waals surface area contributed by atoms with Gasteiger partial charge in [-0.3, -0.25) is 4.98 Å². The Hall–Kier alpha value is -1.50. The molecule has 116 valence electrons. The largest absolute Gasteiger partial charge is 0.478 e. The van der Waals surface area contributed by atoms with Gasteiger partial charge < -0.3 is 5.11 Å². The molecule has 1 N–H and O–H groups in total. The summed E-state index contributed by atoms with van der Waals surface area (Å²) in [5, 5.41) is 8.94. The normalized spacial score (nSPS) is 11.5. The Bertz CT molecular complexity index is 763. The predicted octanol–water partition coefficient (Wildman–Crippen LogP) is 5.43. The summed E-state index contributed by atoms with van der Waals surface area (Å²) < 4.78 is 39.4. The molecule has 0 bridgehead atoms. The van der Waals surface area contributed by atoms with Crippen molar-refractivity contribution in [1.29, 1.82) is 0 Å². The van der Waals surface area contributed by atoms with E-state index < -0.39 is 29.0 Å². The van der Waals surface area contributed by atoms with Gasteiger partial charge in [0.15, 0.2) is 5.69 Å². The van der Waals surface area contributed by atoms with Crippen LogP contribution in [0.1, 0.15) is 16.1 Å². The van der Waals surface area contributed by atoms with Crippen LogP contribution in [-0.4, -0.2) is 16.1 Å². The zero-order valence-electron chi connectivity index (χ0n) is 10.4. The van der Waals surface area contributed by atoms with E-state index in [2.05, 4.69) is 4.98 Å². The summed E-state index contributed by atoms with van der Waals surface area (Å²) in [6.45, 7) is 0. The molecule has 22 heavy (non-hydrogen) atoms. The van der Waals surface area contributed by atoms with E-state index in [1.54, 1.807) is 0 Å². The third-order valence-corrected chi connectivity index (χ3v) is 3.76. The molecule has 0 radical (unpaired) electrons. The van der Waals surface area contributed by atoms with E-state index in [0.717, 1.165) is 24.4 Å². The van der Waals surface area contributed by atoms with Gasteiger partial charge in [0.25, 0.3) is 0 Å². The van der Waals surface area contributed by atoms with E-state index in [-0.39, 0.29) is 20.6 Å². The molecule has 0 unspecified atom stereocenters. The molecule has 0 saturated heterocycles. The van der Waals surface area contributed by atoms with E-state index in [9.17, 15) is 18.0 Å². The van der Waals surface area contributed by atoms with Crippen molar-refractivity contribution in [2.75, 3.05) is 0 Å². The Morgan fingerprint density at radius 1 is 1.09 bits per heavy atom. The maximum absolute atomic E-state index is 13.1. The number of benzene rings is 1. The molecule has 0 aliphatic rings. The number of carbonyl (C=O) groups is 1. The van der Waals surface area contributed by atoms with Crippen LogP contribution in [-0.2, 0) is 6.18 Å². The molecule has 0 aliphatic heterocycles. The fourth-order valence-corrected chi connectivity index (χ4v) is 2.48. The first-order valence-electron chi connectivity index (χ1n) is 5.57. The van der Waals surface area contributed by atoms with E-state index in [0.29, 0.717) is 0 Å². The van der Waals surface area contributed by atoms with E-state index >= 15 is 0 Å². The smallest absolute Gasteiger partial charge is 0.433 e. The lowest BCUT2D eigenvalue weighted by atomic mass is 9.97. The highest BCUT2D eigenvalue weighted by atomic mass is 35.5. The average Bonchev–Trinajstić information content (AvgIpc) is 2.41. The van der Waals surface area contributed by atoms with Gasteiger partial charge in [0.1, 0.15) is 0 Å². The summed E-state index contributed by atoms with van der Waals surface area (Å²) in [4.78, 5) is 14.5. The zero-order chi connectivity index (χ0) is 16.7. The summed E-state index contributed by atoms with van der Waals surface area (Å²) >= 11 is 17.4. The SMILES string of the molecule is O=C(O)c1ccnc(C(F)(F)F)c1-c1cc(Cl)c(Cl)cc1Cl. The van der Waals surface area contributed by atoms with Crippen molar-refractivity contribution in [2.45, 2.75) is 6.18 Å². The number of hydrogen-bond acceptors (Lipinski definition) is 2. The summed E-state index contributed by atoms with van der Waals surface area (Å²) in [6, 6.07) is 3.16. The molecule has 0 amide bonds. The molecule has 9 heteroatoms. The van der Waals surface area contributed by atoms with Crippen LogP contribution in [0, 0.1) is 0 Å². The quantitative estimate of drug-likeness (QED) is 0.718. The topological polar surface area (TPSA) is 50.2 Å². The molecule has 0 fully saturated rings. The van der Waals surface area contributed by atoms with Crippen molar-refractivity contribution in [3.8, 4) is 11.1 Å². The highest BCUT2D eigenvalue weighted by Crippen LogP contribution is 2.42. The number of halogens is 6. The molecule has 1 heterocycles. The van der Waals surface area contributed by atoms with Crippen LogP contribution < -0.4 is 0 Å². The van der Waals surface area contributed by atoms with Gasteiger partial charge in [0.05, 0.1) is 20.6 Å². The molecule has 0 saturated carbocycles. The number of pyridine rings is 1. The second-order valence-electron chi connectivity index (χ2n) is 4.13. The number of aromatic carboxylic acids is 1. The Balaban J connectivity index is 2.89. The molecule has 0 atom stereocenters. The van der Waals surface area contributed by atoms with Crippen LogP contribution in [0.3, 0.4) is 0 Å². The number of carboxylic acids is 1. The van der Waals surface area contributed by atoms with Crippen molar-refractivity contribution in [1.82, 2.24) is 4.98 Å². The second kappa shape index (κ2) is 5.95. The van der Waals surface area contributed by atoms with Crippen molar-refractivity contribution in [2.24, 2.45) is 0 Å². The van der Waals surface area contributed by atoms with Crippen molar-refractivity contribution < 1.29 is 23.1 Å². The molecule has 1 aromatic carbocycles. The van der Waals surface area contributed by atoms with E-state index in [1.807, 2.05) is 0 Å². The number of carboxylic acid groups (broad SMARTS) is 1. The summed E-state index contributed by atoms with van der Waals surface area (Å²) in [5.41, 5.74) is -2.84. The minimum atomic E-state index is -4.86. The van der Waals surface area contributed by atoms with Crippen LogP contribution in [0.4, 0.5) is 13.2 Å². The van der Waals surface area contributed by atoms with Gasteiger partial charge in [0.2, 0.25) is 0 Å². The average molecular weight is 371 g/mol. The third-order valence-electron chi connectivity index (χ3n) is 2.73. The van der Waals surface area contributed by atoms with Crippen LogP contribution in [0.25, 0.3) is 11.1 Å². The minimum absolute atomic E-state index is 0.0322. The lowest BCUT2D eigenvalue weighted by Crippen LogP contribution is -2.14. The maximum atomic E-state index is 13.1. The number of alkyl halides is 3. The van der Waals surface area contributed by atoms with Crippen molar-refractivity contribution in [3.63, 3.8) is 0 Å². The van der Waals surface area contributed by atoms with Gasteiger partial charge in [-0.25, -0.2) is 4.79 Å². The monoisotopic (exact) mass is 369 g/mol. The first kappa shape index (κ1) is 16.9. The fraction of sp³-hybridized carbons (Fsp3) is 0.0769. The standard InChI is InChI=1S/C13H5Cl3F3NO2/c14-7-4-9(16)8(15)3-6(7)10-5(12(21)22)1-2-20-11(10)13(17,18)19/h1-4H,(H,21,22). The highest BCUT2D eigenvalue weighted by Gasteiger charge is 2.38. The van der Waals surface area contributed by atoms with Gasteiger partial charge >= 0.3 is 12.1 Å². The van der Waals surface area contributed by atoms with Crippen molar-refractivity contribution >= 4 is 40.8 Å². The summed E-state index contributed by atoms with van der Waals surface area (Å²) in [7, 11) is 0. The van der Waals surface area contributed by atoms with Crippen LogP contribution >= 0.6 is 34.8 Å². The maximum Gasteiger partial charge on any atom is 0.433 e. The number of hydrogen-bond donors (Lipinski definition) is 1. The molecule has 1 aromatic heterocycles. The molecule has 0 spiro atoms. The fourth-order valence-electron chi connectivity index (χ4n) is 1.84. The van der Waals surface area contributed by atoms with Crippen molar-refractivity contribution in [3.05, 3.63) is 50.7 Å². The molecule has 2 rings (SSSR count). The first-order valence-corrected chi connectivity index (χ1v) is 6.70. The van der Waals surface area contributed by atoms with Crippen LogP contribution in [0.5, 0.6) is 0 Å². The van der Waals surface area contributed by atoms with Gasteiger partial charge in [-0.15, -0.1) is 0 Å². The Morgan fingerprint density at radius 3 is 2.23 bits per heavy atom. The first-order chi connectivity index (χ1) is 10.1. The van der Waals surface area contributed by atoms with Crippen LogP contribution in [0.15, 0.2) is 24.4 Å². The Morgan fingerprint density at radius 2 is 1.68 bits per heavy atom. The molecular weight excluding hydrogens is 366 g/mol. The third kappa shape index (κ3) is 3.14. The van der Waals surface area contributed by atoms with Gasteiger partial charge in [-0.2, -0.15) is 13.2 Å². The van der Waals surface area contributed by atoms with E-state index in [1.165, 1.54) is 0 Å². The second-order valence-corrected chi connectivity index (χ2v) is 5.35. The number of aromatic nitrogens is 1. The predicted molar refractivity (Wildman–Crippen MR) is 76.7 cm³/mol. The zero-order valence-corrected chi connectivity index (χ0v) is 12.6. The summed E-state index contributed by atoms with van der Waals surface area (Å²) in [5.74, 6) is -1.55. The highest BCUT2D eigenvalue weighted by molar-refractivity contribution is 6.44. The Labute approximate surface area is 137 Å². The Kier molecular flexibility index (Phi) is 4.56. The molecule has 3 nitrogen and oxygen atoms in total. The van der Waals surface area contributed by atoms with Crippen LogP contribution in [0.2, 0.25) is 15.1 Å². The summed E-state index contributed by atoms with van der Waals surface area (Å²) in [6.07, 6.45) is -4.10. The lowest BCUT2D eigenvalue weighted by molar-refractivity contribution is -0.140. The molecule has 0 aliphatic carbocycles. The lowest BCUT2D eigenvalue weighted by Gasteiger charge is -2.16. The number of nitrogens with zero attached hydrogens (tertiary/aromatic N) is 1. The molecular formula is C13H5Cl3F3NO2. The minimum Gasteiger partial charge on any atom is -0.478 e.